The van der Waals surface area contributed by atoms with E-state index in [-0.39, 0.29) is 18.4 Å². The largest absolute Gasteiger partial charge is 0.496 e. The van der Waals surface area contributed by atoms with Crippen LogP contribution in [0.1, 0.15) is 65.6 Å². The fourth-order valence-corrected chi connectivity index (χ4v) is 6.92. The van der Waals surface area contributed by atoms with E-state index in [2.05, 4.69) is 15.3 Å². The average molecular weight is 697 g/mol. The number of nitrogen functional groups attached to an aromatic ring is 1. The summed E-state index contributed by atoms with van der Waals surface area (Å²) < 4.78 is 22.7. The van der Waals surface area contributed by atoms with Gasteiger partial charge < -0.3 is 44.8 Å². The Balaban J connectivity index is 1.39. The molecule has 13 nitrogen and oxygen atoms in total. The van der Waals surface area contributed by atoms with Crippen LogP contribution in [-0.4, -0.2) is 84.2 Å². The number of nitrogens with zero attached hydrogens (tertiary/aromatic N) is 3. The molecule has 3 amide bonds. The zero-order chi connectivity index (χ0) is 36.5. The zero-order valence-corrected chi connectivity index (χ0v) is 29.8. The van der Waals surface area contributed by atoms with Crippen LogP contribution in [-0.2, 0) is 16.7 Å². The van der Waals surface area contributed by atoms with E-state index < -0.39 is 17.1 Å². The number of carbonyl (C=O) groups excluding carboxylic acids is 3. The normalized spacial score (nSPS) is 17.2. The summed E-state index contributed by atoms with van der Waals surface area (Å²) in [5.74, 6) is 1.41. The van der Waals surface area contributed by atoms with E-state index in [0.717, 1.165) is 17.7 Å². The SMILES string of the molecule is COc1cc(OC)c(CN2CC3(CCCN(C(=O)OC(C)(C)C)C3)c3[nH]c(-c4ccnc(NC(=O)c5cccc(N)c5)c4)cc3C2=O)c(OC)c1. The number of amides is 3. The molecule has 1 unspecified atom stereocenters. The molecule has 13 heteroatoms. The number of hydrogen-bond donors (Lipinski definition) is 3. The second kappa shape index (κ2) is 13.9. The van der Waals surface area contributed by atoms with Crippen LogP contribution >= 0.6 is 0 Å². The molecule has 1 fully saturated rings. The molecular weight excluding hydrogens is 652 g/mol. The molecule has 0 saturated carbocycles. The smallest absolute Gasteiger partial charge is 0.410 e. The molecular formula is C38H44N6O7. The Kier molecular flexibility index (Phi) is 9.56. The molecule has 0 radical (unpaired) electrons. The van der Waals surface area contributed by atoms with Gasteiger partial charge in [-0.05, 0) is 70.0 Å². The number of anilines is 2. The van der Waals surface area contributed by atoms with Gasteiger partial charge in [-0.15, -0.1) is 0 Å². The van der Waals surface area contributed by atoms with Crippen molar-refractivity contribution < 1.29 is 33.3 Å². The monoisotopic (exact) mass is 696 g/mol. The topological polar surface area (TPSA) is 161 Å². The summed E-state index contributed by atoms with van der Waals surface area (Å²) in [5, 5.41) is 2.84. The first-order chi connectivity index (χ1) is 24.3. The molecule has 4 N–H and O–H groups in total. The van der Waals surface area contributed by atoms with E-state index in [9.17, 15) is 14.4 Å². The predicted octanol–water partition coefficient (Wildman–Crippen LogP) is 5.86. The highest BCUT2D eigenvalue weighted by molar-refractivity contribution is 6.04. The van der Waals surface area contributed by atoms with Gasteiger partial charge in [0.1, 0.15) is 28.7 Å². The van der Waals surface area contributed by atoms with Crippen LogP contribution in [0.5, 0.6) is 17.2 Å². The first-order valence-corrected chi connectivity index (χ1v) is 16.8. The van der Waals surface area contributed by atoms with Gasteiger partial charge in [-0.1, -0.05) is 6.07 Å². The van der Waals surface area contributed by atoms with Gasteiger partial charge in [-0.2, -0.15) is 0 Å². The minimum Gasteiger partial charge on any atom is -0.496 e. The Labute approximate surface area is 297 Å². The highest BCUT2D eigenvalue weighted by Crippen LogP contribution is 2.44. The number of piperidine rings is 1. The van der Waals surface area contributed by atoms with Crippen molar-refractivity contribution in [2.24, 2.45) is 0 Å². The molecule has 1 spiro atoms. The molecule has 1 atom stereocenters. The molecule has 2 aromatic heterocycles. The predicted molar refractivity (Wildman–Crippen MR) is 192 cm³/mol. The van der Waals surface area contributed by atoms with E-state index in [4.69, 9.17) is 24.7 Å². The number of hydrogen-bond acceptors (Lipinski definition) is 9. The van der Waals surface area contributed by atoms with Gasteiger partial charge in [0.15, 0.2) is 0 Å². The number of likely N-dealkylation sites (tertiary alicyclic amines) is 1. The minimum atomic E-state index is -0.663. The third-order valence-corrected chi connectivity index (χ3v) is 9.22. The molecule has 1 saturated heterocycles. The van der Waals surface area contributed by atoms with Crippen molar-refractivity contribution >= 4 is 29.4 Å². The maximum Gasteiger partial charge on any atom is 0.410 e. The van der Waals surface area contributed by atoms with E-state index in [0.29, 0.717) is 77.2 Å². The second-order valence-electron chi connectivity index (χ2n) is 13.9. The maximum absolute atomic E-state index is 14.4. The Bertz CT molecular complexity index is 1940. The molecule has 2 aliphatic rings. The molecule has 2 aliphatic heterocycles. The van der Waals surface area contributed by atoms with Crippen LogP contribution in [0.25, 0.3) is 11.3 Å². The number of carbonyl (C=O) groups is 3. The molecule has 4 heterocycles. The molecule has 6 rings (SSSR count). The summed E-state index contributed by atoms with van der Waals surface area (Å²) in [6.07, 6.45) is 2.63. The Morgan fingerprint density at radius 3 is 2.41 bits per heavy atom. The van der Waals surface area contributed by atoms with Crippen molar-refractivity contribution in [3.8, 4) is 28.5 Å². The summed E-state index contributed by atoms with van der Waals surface area (Å²) >= 11 is 0. The molecule has 4 aromatic rings. The minimum absolute atomic E-state index is 0.184. The summed E-state index contributed by atoms with van der Waals surface area (Å²) in [6, 6.07) is 15.6. The van der Waals surface area contributed by atoms with Crippen molar-refractivity contribution in [2.75, 3.05) is 52.0 Å². The van der Waals surface area contributed by atoms with Crippen LogP contribution in [0.4, 0.5) is 16.3 Å². The number of aromatic amines is 1. The summed E-state index contributed by atoms with van der Waals surface area (Å²) in [5.41, 5.74) is 8.79. The quantitative estimate of drug-likeness (QED) is 0.192. The lowest BCUT2D eigenvalue weighted by Gasteiger charge is -2.47. The van der Waals surface area contributed by atoms with Crippen molar-refractivity contribution in [2.45, 2.75) is 51.2 Å². The van der Waals surface area contributed by atoms with Crippen molar-refractivity contribution in [1.29, 1.82) is 0 Å². The molecule has 2 aromatic carbocycles. The van der Waals surface area contributed by atoms with E-state index in [1.54, 1.807) is 79.8 Å². The van der Waals surface area contributed by atoms with Gasteiger partial charge >= 0.3 is 6.09 Å². The Hall–Kier alpha value is -5.72. The van der Waals surface area contributed by atoms with Crippen LogP contribution in [0.2, 0.25) is 0 Å². The second-order valence-corrected chi connectivity index (χ2v) is 13.9. The molecule has 268 valence electrons. The number of aromatic nitrogens is 2. The number of nitrogens with two attached hydrogens (primary N) is 1. The third kappa shape index (κ3) is 7.28. The lowest BCUT2D eigenvalue weighted by molar-refractivity contribution is 0.00817. The standard InChI is InChI=1S/C38H44N6O7/c1-37(2,3)51-36(47)43-14-8-12-38(21-43)22-44(20-28-30(49-5)17-26(48-4)18-31(28)50-6)35(46)27-19-29(41-33(27)38)23-11-13-40-32(16-23)42-34(45)24-9-7-10-25(39)15-24/h7,9-11,13,15-19,41H,8,12,14,20-22,39H2,1-6H3,(H,40,42,45). The van der Waals surface area contributed by atoms with Crippen LogP contribution < -0.4 is 25.3 Å². The number of fused-ring (bicyclic) bond motifs is 2. The van der Waals surface area contributed by atoms with E-state index >= 15 is 0 Å². The van der Waals surface area contributed by atoms with E-state index in [1.165, 1.54) is 0 Å². The van der Waals surface area contributed by atoms with E-state index in [1.807, 2.05) is 32.9 Å². The highest BCUT2D eigenvalue weighted by Gasteiger charge is 2.48. The Morgan fingerprint density at radius 1 is 1.00 bits per heavy atom. The number of benzene rings is 2. The fourth-order valence-electron chi connectivity index (χ4n) is 6.92. The van der Waals surface area contributed by atoms with Gasteiger partial charge in [-0.3, -0.25) is 9.59 Å². The first-order valence-electron chi connectivity index (χ1n) is 16.8. The summed E-state index contributed by atoms with van der Waals surface area (Å²) in [4.78, 5) is 52.2. The molecule has 0 aliphatic carbocycles. The summed E-state index contributed by atoms with van der Waals surface area (Å²) in [6.45, 7) is 6.93. The lowest BCUT2D eigenvalue weighted by atomic mass is 9.73. The molecule has 0 bridgehead atoms. The number of rotatable bonds is 8. The van der Waals surface area contributed by atoms with Crippen LogP contribution in [0.15, 0.2) is 60.8 Å². The van der Waals surface area contributed by atoms with Crippen LogP contribution in [0, 0.1) is 0 Å². The van der Waals surface area contributed by atoms with Gasteiger partial charge in [0.05, 0.1) is 39.0 Å². The highest BCUT2D eigenvalue weighted by atomic mass is 16.6. The number of ether oxygens (including phenoxy) is 4. The molecule has 51 heavy (non-hydrogen) atoms. The number of pyridine rings is 1. The van der Waals surface area contributed by atoms with Crippen molar-refractivity contribution in [3.05, 3.63) is 83.2 Å². The third-order valence-electron chi connectivity index (χ3n) is 9.22. The van der Waals surface area contributed by atoms with Gasteiger partial charge in [-0.25, -0.2) is 9.78 Å². The average Bonchev–Trinajstić information content (AvgIpc) is 3.57. The Morgan fingerprint density at radius 2 is 1.75 bits per heavy atom. The van der Waals surface area contributed by atoms with Crippen LogP contribution in [0.3, 0.4) is 0 Å². The maximum atomic E-state index is 14.4. The van der Waals surface area contributed by atoms with Crippen molar-refractivity contribution in [3.63, 3.8) is 0 Å². The van der Waals surface area contributed by atoms with Gasteiger partial charge in [0.25, 0.3) is 11.8 Å². The van der Waals surface area contributed by atoms with Gasteiger partial charge in [0.2, 0.25) is 0 Å². The summed E-state index contributed by atoms with van der Waals surface area (Å²) in [7, 11) is 4.69. The van der Waals surface area contributed by atoms with Crippen molar-refractivity contribution in [1.82, 2.24) is 19.8 Å². The number of H-pyrrole nitrogens is 1. The first kappa shape index (κ1) is 35.1. The number of methoxy groups -OCH3 is 3. The zero-order valence-electron chi connectivity index (χ0n) is 29.8. The van der Waals surface area contributed by atoms with Gasteiger partial charge in [0, 0.05) is 71.6 Å². The lowest BCUT2D eigenvalue weighted by Crippen LogP contribution is -2.58. The number of nitrogens with one attached hydrogen (secondary N) is 2. The fraction of sp³-hybridized carbons (Fsp3) is 0.368.